The maximum Gasteiger partial charge on any atom is 0.244 e. The van der Waals surface area contributed by atoms with Gasteiger partial charge < -0.3 is 9.47 Å². The number of nitrogens with zero attached hydrogens (tertiary/aromatic N) is 3. The molecule has 10 heteroatoms. The molecule has 3 rings (SSSR count). The monoisotopic (exact) mass is 372 g/mol. The van der Waals surface area contributed by atoms with Crippen molar-refractivity contribution in [3.8, 4) is 0 Å². The summed E-state index contributed by atoms with van der Waals surface area (Å²) in [5.74, 6) is 0. The molecule has 0 radical (unpaired) electrons. The van der Waals surface area contributed by atoms with E-state index in [0.29, 0.717) is 31.9 Å². The molecule has 1 aliphatic rings. The molecule has 1 fully saturated rings. The minimum atomic E-state index is -3.66. The van der Waals surface area contributed by atoms with E-state index in [1.54, 1.807) is 19.5 Å². The van der Waals surface area contributed by atoms with Crippen LogP contribution >= 0.6 is 11.3 Å². The third-order valence-electron chi connectivity index (χ3n) is 3.80. The van der Waals surface area contributed by atoms with Crippen LogP contribution in [0.15, 0.2) is 22.0 Å². The quantitative estimate of drug-likeness (QED) is 0.807. The van der Waals surface area contributed by atoms with Crippen LogP contribution in [0.1, 0.15) is 17.8 Å². The van der Waals surface area contributed by atoms with Gasteiger partial charge in [-0.25, -0.2) is 18.1 Å². The van der Waals surface area contributed by atoms with E-state index >= 15 is 0 Å². The summed E-state index contributed by atoms with van der Waals surface area (Å²) in [7, 11) is -1.96. The summed E-state index contributed by atoms with van der Waals surface area (Å²) >= 11 is 1.50. The summed E-state index contributed by atoms with van der Waals surface area (Å²) in [5, 5.41) is 6.00. The van der Waals surface area contributed by atoms with Crippen LogP contribution in [0.25, 0.3) is 0 Å². The molecule has 1 N–H and O–H groups in total. The zero-order valence-electron chi connectivity index (χ0n) is 13.5. The first-order chi connectivity index (χ1) is 11.5. The summed E-state index contributed by atoms with van der Waals surface area (Å²) in [6.45, 7) is 2.86. The van der Waals surface area contributed by atoms with Crippen molar-refractivity contribution < 1.29 is 17.9 Å². The minimum Gasteiger partial charge on any atom is -0.379 e. The zero-order chi connectivity index (χ0) is 17.2. The Morgan fingerprint density at radius 2 is 2.38 bits per heavy atom. The predicted molar refractivity (Wildman–Crippen MR) is 88.2 cm³/mol. The van der Waals surface area contributed by atoms with E-state index in [0.717, 1.165) is 5.69 Å². The lowest BCUT2D eigenvalue weighted by Gasteiger charge is -2.31. The van der Waals surface area contributed by atoms with Crippen molar-refractivity contribution in [3.05, 3.63) is 28.5 Å². The Hall–Kier alpha value is -1.33. The molecule has 0 aliphatic carbocycles. The van der Waals surface area contributed by atoms with Crippen molar-refractivity contribution >= 4 is 21.4 Å². The summed E-state index contributed by atoms with van der Waals surface area (Å²) < 4.78 is 40.8. The fourth-order valence-electron chi connectivity index (χ4n) is 2.62. The van der Waals surface area contributed by atoms with Gasteiger partial charge in [-0.2, -0.15) is 5.10 Å². The number of aryl methyl sites for hydroxylation is 2. The maximum absolute atomic E-state index is 12.6. The van der Waals surface area contributed by atoms with E-state index < -0.39 is 10.0 Å². The van der Waals surface area contributed by atoms with Crippen molar-refractivity contribution in [2.75, 3.05) is 13.2 Å². The largest absolute Gasteiger partial charge is 0.379 e. The Kier molecular flexibility index (Phi) is 5.30. The van der Waals surface area contributed by atoms with E-state index in [1.807, 2.05) is 5.38 Å². The fraction of sp³-hybridized carbons (Fsp3) is 0.571. The number of hydrogen-bond donors (Lipinski definition) is 1. The van der Waals surface area contributed by atoms with Crippen LogP contribution in [-0.4, -0.2) is 48.5 Å². The average molecular weight is 372 g/mol. The lowest BCUT2D eigenvalue weighted by molar-refractivity contribution is -0.0718. The number of hydrogen-bond acceptors (Lipinski definition) is 7. The molecule has 24 heavy (non-hydrogen) atoms. The number of aromatic nitrogens is 3. The number of nitrogens with one attached hydrogen (secondary N) is 1. The number of ether oxygens (including phenoxy) is 2. The van der Waals surface area contributed by atoms with Crippen molar-refractivity contribution in [2.45, 2.75) is 37.0 Å². The fourth-order valence-corrected chi connectivity index (χ4v) is 4.68. The highest BCUT2D eigenvalue weighted by atomic mass is 32.2. The topological polar surface area (TPSA) is 95.3 Å². The van der Waals surface area contributed by atoms with Crippen LogP contribution in [0.5, 0.6) is 0 Å². The van der Waals surface area contributed by atoms with Crippen molar-refractivity contribution in [3.63, 3.8) is 0 Å². The highest BCUT2D eigenvalue weighted by Crippen LogP contribution is 2.19. The van der Waals surface area contributed by atoms with Crippen LogP contribution in [0, 0.1) is 6.92 Å². The van der Waals surface area contributed by atoms with Crippen LogP contribution in [0.3, 0.4) is 0 Å². The highest BCUT2D eigenvalue weighted by molar-refractivity contribution is 7.89. The molecule has 0 aromatic carbocycles. The molecule has 8 nitrogen and oxygen atoms in total. The third-order valence-corrected chi connectivity index (χ3v) is 6.03. The van der Waals surface area contributed by atoms with Crippen LogP contribution in [-0.2, 0) is 33.2 Å². The van der Waals surface area contributed by atoms with Gasteiger partial charge in [0.2, 0.25) is 10.0 Å². The number of thiazole rings is 1. The van der Waals surface area contributed by atoms with Gasteiger partial charge in [0, 0.05) is 25.2 Å². The first-order valence-electron chi connectivity index (χ1n) is 7.54. The summed E-state index contributed by atoms with van der Waals surface area (Å²) in [5.41, 5.74) is 3.04. The molecule has 0 unspecified atom stereocenters. The number of rotatable bonds is 6. The SMILES string of the molecule is Cc1nn(C)cc1S(=O)(=O)N[C@@H]1CCOC[C@H]1OCc1cscn1. The van der Waals surface area contributed by atoms with Gasteiger partial charge in [-0.3, -0.25) is 4.68 Å². The van der Waals surface area contributed by atoms with Gasteiger partial charge in [-0.15, -0.1) is 11.3 Å². The van der Waals surface area contributed by atoms with Gasteiger partial charge in [0.05, 0.1) is 42.3 Å². The smallest absolute Gasteiger partial charge is 0.244 e. The first kappa shape index (κ1) is 17.5. The van der Waals surface area contributed by atoms with Crippen LogP contribution < -0.4 is 4.72 Å². The van der Waals surface area contributed by atoms with Crippen molar-refractivity contribution in [2.24, 2.45) is 7.05 Å². The Morgan fingerprint density at radius 3 is 3.04 bits per heavy atom. The normalized spacial score (nSPS) is 21.9. The minimum absolute atomic E-state index is 0.190. The second-order valence-corrected chi connectivity index (χ2v) is 8.07. The molecule has 3 heterocycles. The van der Waals surface area contributed by atoms with Crippen LogP contribution in [0.4, 0.5) is 0 Å². The molecule has 2 aromatic heterocycles. The zero-order valence-corrected chi connectivity index (χ0v) is 15.1. The molecule has 0 spiro atoms. The Labute approximate surface area is 144 Å². The van der Waals surface area contributed by atoms with Gasteiger partial charge in [-0.1, -0.05) is 0 Å². The molecular formula is C14H20N4O4S2. The van der Waals surface area contributed by atoms with Gasteiger partial charge in [0.1, 0.15) is 4.90 Å². The van der Waals surface area contributed by atoms with Gasteiger partial charge in [0.25, 0.3) is 0 Å². The first-order valence-corrected chi connectivity index (χ1v) is 9.97. The molecule has 0 saturated carbocycles. The molecule has 1 aliphatic heterocycles. The molecule has 1 saturated heterocycles. The van der Waals surface area contributed by atoms with E-state index in [-0.39, 0.29) is 17.0 Å². The van der Waals surface area contributed by atoms with E-state index in [4.69, 9.17) is 9.47 Å². The van der Waals surface area contributed by atoms with Gasteiger partial charge in [0.15, 0.2) is 0 Å². The standard InChI is InChI=1S/C14H20N4O4S2/c1-10-14(5-18(2)16-10)24(19,20)17-12-3-4-21-7-13(12)22-6-11-8-23-9-15-11/h5,8-9,12-13,17H,3-4,6-7H2,1-2H3/t12-,13-/m1/s1. The van der Waals surface area contributed by atoms with E-state index in [9.17, 15) is 8.42 Å². The lowest BCUT2D eigenvalue weighted by Crippen LogP contribution is -2.49. The summed E-state index contributed by atoms with van der Waals surface area (Å²) in [4.78, 5) is 4.35. The van der Waals surface area contributed by atoms with Gasteiger partial charge >= 0.3 is 0 Å². The summed E-state index contributed by atoms with van der Waals surface area (Å²) in [6.07, 6.45) is 1.70. The molecule has 2 aromatic rings. The third kappa shape index (κ3) is 4.01. The highest BCUT2D eigenvalue weighted by Gasteiger charge is 2.32. The Balaban J connectivity index is 1.69. The van der Waals surface area contributed by atoms with E-state index in [1.165, 1.54) is 22.2 Å². The Bertz CT molecular complexity index is 773. The molecule has 132 valence electrons. The van der Waals surface area contributed by atoms with Crippen molar-refractivity contribution in [1.82, 2.24) is 19.5 Å². The average Bonchev–Trinajstić information content (AvgIpc) is 3.15. The van der Waals surface area contributed by atoms with Crippen LogP contribution in [0.2, 0.25) is 0 Å². The molecule has 0 bridgehead atoms. The number of sulfonamides is 1. The van der Waals surface area contributed by atoms with E-state index in [2.05, 4.69) is 14.8 Å². The molecule has 2 atom stereocenters. The molecular weight excluding hydrogens is 352 g/mol. The predicted octanol–water partition coefficient (Wildman–Crippen LogP) is 0.838. The second kappa shape index (κ2) is 7.28. The summed E-state index contributed by atoms with van der Waals surface area (Å²) in [6, 6.07) is -0.345. The van der Waals surface area contributed by atoms with Crippen molar-refractivity contribution in [1.29, 1.82) is 0 Å². The lowest BCUT2D eigenvalue weighted by atomic mass is 10.1. The van der Waals surface area contributed by atoms with Gasteiger partial charge in [-0.05, 0) is 13.3 Å². The Morgan fingerprint density at radius 1 is 1.54 bits per heavy atom. The maximum atomic E-state index is 12.6. The molecule has 0 amide bonds. The second-order valence-electron chi connectivity index (χ2n) is 5.67.